The molecule has 128 valence electrons. The van der Waals surface area contributed by atoms with Crippen molar-refractivity contribution in [2.75, 3.05) is 20.1 Å². The van der Waals surface area contributed by atoms with Gasteiger partial charge >= 0.3 is 0 Å². The number of hydrogen-bond donors (Lipinski definition) is 1. The molecule has 4 nitrogen and oxygen atoms in total. The molecule has 2 unspecified atom stereocenters. The molecular formula is C18H27ClN2O2. The fraction of sp³-hybridized carbons (Fsp3) is 0.611. The van der Waals surface area contributed by atoms with E-state index in [0.29, 0.717) is 18.2 Å². The number of nitrogens with zero attached hydrogens (tertiary/aromatic N) is 2. The van der Waals surface area contributed by atoms with E-state index < -0.39 is 6.10 Å². The highest BCUT2D eigenvalue weighted by Crippen LogP contribution is 2.27. The van der Waals surface area contributed by atoms with Gasteiger partial charge in [0.2, 0.25) is 0 Å². The van der Waals surface area contributed by atoms with Gasteiger partial charge in [0, 0.05) is 31.7 Å². The number of rotatable bonds is 3. The van der Waals surface area contributed by atoms with Crippen molar-refractivity contribution in [1.82, 2.24) is 9.80 Å². The van der Waals surface area contributed by atoms with Crippen LogP contribution in [-0.2, 0) is 0 Å². The fourth-order valence-electron chi connectivity index (χ4n) is 3.86. The Morgan fingerprint density at radius 3 is 2.43 bits per heavy atom. The number of hydrogen-bond acceptors (Lipinski definition) is 3. The molecule has 1 heterocycles. The van der Waals surface area contributed by atoms with Crippen LogP contribution < -0.4 is 0 Å². The van der Waals surface area contributed by atoms with Crippen molar-refractivity contribution in [1.29, 1.82) is 0 Å². The number of carbonyl (C=O) groups excluding carboxylic acids is 1. The van der Waals surface area contributed by atoms with Crippen LogP contribution in [0, 0.1) is 0 Å². The van der Waals surface area contributed by atoms with Gasteiger partial charge in [-0.1, -0.05) is 37.5 Å². The molecule has 0 bridgehead atoms. The van der Waals surface area contributed by atoms with Crippen molar-refractivity contribution < 1.29 is 9.90 Å². The van der Waals surface area contributed by atoms with E-state index in [1.54, 1.807) is 4.90 Å². The summed E-state index contributed by atoms with van der Waals surface area (Å²) in [4.78, 5) is 16.7. The van der Waals surface area contributed by atoms with E-state index in [1.165, 1.54) is 32.1 Å². The molecule has 2 atom stereocenters. The van der Waals surface area contributed by atoms with Gasteiger partial charge in [-0.25, -0.2) is 0 Å². The number of β-amino-alcohol motifs (C(OH)–C–C–N with tert-alkyl or cyclic N) is 1. The zero-order valence-electron chi connectivity index (χ0n) is 13.7. The van der Waals surface area contributed by atoms with Gasteiger partial charge in [-0.2, -0.15) is 0 Å². The zero-order chi connectivity index (χ0) is 15.5. The van der Waals surface area contributed by atoms with Crippen LogP contribution in [0.5, 0.6) is 0 Å². The fourth-order valence-corrected chi connectivity index (χ4v) is 3.86. The van der Waals surface area contributed by atoms with Crippen LogP contribution in [0.15, 0.2) is 30.3 Å². The quantitative estimate of drug-likeness (QED) is 0.921. The monoisotopic (exact) mass is 338 g/mol. The van der Waals surface area contributed by atoms with Crippen molar-refractivity contribution in [3.05, 3.63) is 35.9 Å². The van der Waals surface area contributed by atoms with Crippen LogP contribution in [0.3, 0.4) is 0 Å². The van der Waals surface area contributed by atoms with Crippen molar-refractivity contribution in [2.24, 2.45) is 0 Å². The molecule has 0 aromatic heterocycles. The van der Waals surface area contributed by atoms with Gasteiger partial charge in [-0.3, -0.25) is 9.69 Å². The first-order valence-electron chi connectivity index (χ1n) is 8.41. The SMILES string of the molecule is CN(C(=O)c1ccccc1)C1CN(C2CCCCC2)CC1O.Cl. The summed E-state index contributed by atoms with van der Waals surface area (Å²) in [6.45, 7) is 1.49. The topological polar surface area (TPSA) is 43.8 Å². The first-order valence-corrected chi connectivity index (χ1v) is 8.41. The minimum Gasteiger partial charge on any atom is -0.390 e. The number of aliphatic hydroxyl groups excluding tert-OH is 1. The number of benzene rings is 1. The Hall–Kier alpha value is -1.10. The number of halogens is 1. The van der Waals surface area contributed by atoms with Gasteiger partial charge in [0.1, 0.15) is 0 Å². The highest BCUT2D eigenvalue weighted by Gasteiger charge is 2.39. The minimum absolute atomic E-state index is 0. The largest absolute Gasteiger partial charge is 0.390 e. The lowest BCUT2D eigenvalue weighted by atomic mass is 9.94. The highest BCUT2D eigenvalue weighted by molar-refractivity contribution is 5.94. The number of aliphatic hydroxyl groups is 1. The smallest absolute Gasteiger partial charge is 0.253 e. The third-order valence-electron chi connectivity index (χ3n) is 5.22. The van der Waals surface area contributed by atoms with E-state index in [0.717, 1.165) is 6.54 Å². The summed E-state index contributed by atoms with van der Waals surface area (Å²) in [7, 11) is 1.81. The molecule has 2 aliphatic rings. The van der Waals surface area contributed by atoms with Gasteiger partial charge in [0.15, 0.2) is 0 Å². The summed E-state index contributed by atoms with van der Waals surface area (Å²) in [6.07, 6.45) is 5.94. The second-order valence-corrected chi connectivity index (χ2v) is 6.66. The second-order valence-electron chi connectivity index (χ2n) is 6.66. The van der Waals surface area contributed by atoms with Crippen molar-refractivity contribution in [3.63, 3.8) is 0 Å². The Balaban J connectivity index is 0.00000192. The molecule has 1 aliphatic heterocycles. The lowest BCUT2D eigenvalue weighted by molar-refractivity contribution is 0.0581. The average Bonchev–Trinajstić information content (AvgIpc) is 2.97. The van der Waals surface area contributed by atoms with E-state index in [-0.39, 0.29) is 24.4 Å². The molecular weight excluding hydrogens is 312 g/mol. The molecule has 1 aromatic carbocycles. The standard InChI is InChI=1S/C18H26N2O2.ClH/c1-19(18(22)14-8-4-2-5-9-14)16-12-20(13-17(16)21)15-10-6-3-7-11-15;/h2,4-5,8-9,15-17,21H,3,6-7,10-13H2,1H3;1H. The Bertz CT molecular complexity index is 505. The molecule has 23 heavy (non-hydrogen) atoms. The van der Waals surface area contributed by atoms with E-state index in [4.69, 9.17) is 0 Å². The maximum atomic E-state index is 12.6. The van der Waals surface area contributed by atoms with Crippen LogP contribution >= 0.6 is 12.4 Å². The van der Waals surface area contributed by atoms with Gasteiger partial charge in [-0.05, 0) is 25.0 Å². The summed E-state index contributed by atoms with van der Waals surface area (Å²) in [5, 5.41) is 10.4. The first-order chi connectivity index (χ1) is 10.7. The normalized spacial score (nSPS) is 25.8. The molecule has 5 heteroatoms. The molecule has 0 spiro atoms. The first kappa shape index (κ1) is 18.2. The van der Waals surface area contributed by atoms with Crippen molar-refractivity contribution in [2.45, 2.75) is 50.3 Å². The van der Waals surface area contributed by atoms with Crippen LogP contribution in [0.2, 0.25) is 0 Å². The Kier molecular flexibility index (Phi) is 6.45. The van der Waals surface area contributed by atoms with Crippen LogP contribution in [0.4, 0.5) is 0 Å². The van der Waals surface area contributed by atoms with Crippen LogP contribution in [0.25, 0.3) is 0 Å². The number of likely N-dealkylation sites (tertiary alicyclic amines) is 1. The van der Waals surface area contributed by atoms with Gasteiger partial charge in [0.05, 0.1) is 12.1 Å². The Morgan fingerprint density at radius 1 is 1.13 bits per heavy atom. The summed E-state index contributed by atoms with van der Waals surface area (Å²) in [5.41, 5.74) is 0.688. The van der Waals surface area contributed by atoms with Crippen LogP contribution in [0.1, 0.15) is 42.5 Å². The number of amides is 1. The molecule has 1 aromatic rings. The predicted molar refractivity (Wildman–Crippen MR) is 94.0 cm³/mol. The number of carbonyl (C=O) groups is 1. The third-order valence-corrected chi connectivity index (χ3v) is 5.22. The summed E-state index contributed by atoms with van der Waals surface area (Å²) in [5.74, 6) is -0.00450. The summed E-state index contributed by atoms with van der Waals surface area (Å²) in [6, 6.07) is 9.81. The van der Waals surface area contributed by atoms with E-state index in [9.17, 15) is 9.90 Å². The molecule has 3 rings (SSSR count). The lowest BCUT2D eigenvalue weighted by Gasteiger charge is -2.31. The molecule has 1 aliphatic carbocycles. The maximum Gasteiger partial charge on any atom is 0.253 e. The molecule has 1 N–H and O–H groups in total. The van der Waals surface area contributed by atoms with E-state index in [2.05, 4.69) is 4.90 Å². The van der Waals surface area contributed by atoms with Gasteiger partial charge in [-0.15, -0.1) is 12.4 Å². The number of likely N-dealkylation sites (N-methyl/N-ethyl adjacent to an activating group) is 1. The average molecular weight is 339 g/mol. The van der Waals surface area contributed by atoms with E-state index >= 15 is 0 Å². The Morgan fingerprint density at radius 2 is 1.78 bits per heavy atom. The molecule has 1 saturated heterocycles. The lowest BCUT2D eigenvalue weighted by Crippen LogP contribution is -2.44. The van der Waals surface area contributed by atoms with Gasteiger partial charge < -0.3 is 10.0 Å². The molecule has 0 radical (unpaired) electrons. The maximum absolute atomic E-state index is 12.6. The second kappa shape index (κ2) is 8.13. The summed E-state index contributed by atoms with van der Waals surface area (Å²) >= 11 is 0. The molecule has 1 amide bonds. The molecule has 1 saturated carbocycles. The van der Waals surface area contributed by atoms with Crippen molar-refractivity contribution >= 4 is 18.3 Å². The third kappa shape index (κ3) is 4.06. The minimum atomic E-state index is -0.445. The van der Waals surface area contributed by atoms with E-state index in [1.807, 2.05) is 37.4 Å². The van der Waals surface area contributed by atoms with Gasteiger partial charge in [0.25, 0.3) is 5.91 Å². The summed E-state index contributed by atoms with van der Waals surface area (Å²) < 4.78 is 0. The zero-order valence-corrected chi connectivity index (χ0v) is 14.5. The predicted octanol–water partition coefficient (Wildman–Crippen LogP) is 2.56. The highest BCUT2D eigenvalue weighted by atomic mass is 35.5. The Labute approximate surface area is 144 Å². The molecule has 2 fully saturated rings. The van der Waals surface area contributed by atoms with Crippen LogP contribution in [-0.4, -0.2) is 59.1 Å². The van der Waals surface area contributed by atoms with Crippen molar-refractivity contribution in [3.8, 4) is 0 Å².